The summed E-state index contributed by atoms with van der Waals surface area (Å²) in [6.07, 6.45) is 1.29. The minimum atomic E-state index is -3.75. The van der Waals surface area contributed by atoms with Crippen LogP contribution in [0, 0.1) is 15.9 Å². The molecular weight excluding hydrogens is 557 g/mol. The number of thiophene rings is 1. The number of hydrogen-bond donors (Lipinski definition) is 0. The van der Waals surface area contributed by atoms with Crippen molar-refractivity contribution in [2.24, 2.45) is 5.10 Å². The number of thiazole rings is 1. The molecule has 4 aromatic rings. The van der Waals surface area contributed by atoms with Gasteiger partial charge < -0.3 is 4.74 Å². The van der Waals surface area contributed by atoms with Crippen LogP contribution in [0.4, 0.5) is 14.5 Å². The van der Waals surface area contributed by atoms with Gasteiger partial charge in [0.1, 0.15) is 5.82 Å². The number of halogens is 1. The number of nitro groups is 1. The Morgan fingerprint density at radius 1 is 1.13 bits per heavy atom. The van der Waals surface area contributed by atoms with Gasteiger partial charge in [-0.15, -0.1) is 0 Å². The van der Waals surface area contributed by atoms with Crippen molar-refractivity contribution < 1.29 is 27.3 Å². The highest BCUT2D eigenvalue weighted by molar-refractivity contribution is 7.89. The summed E-state index contributed by atoms with van der Waals surface area (Å²) >= 11 is 1.91. The predicted octanol–water partition coefficient (Wildman–Crippen LogP) is 4.11. The number of nitrogens with zero attached hydrogens (tertiary/aromatic N) is 5. The first-order chi connectivity index (χ1) is 18.2. The Labute approximate surface area is 223 Å². The average Bonchev–Trinajstić information content (AvgIpc) is 3.56. The van der Waals surface area contributed by atoms with Gasteiger partial charge in [0.25, 0.3) is 5.91 Å². The molecule has 196 valence electrons. The molecule has 0 radical (unpaired) electrons. The Balaban J connectivity index is 1.47. The van der Waals surface area contributed by atoms with Crippen molar-refractivity contribution in [2.75, 3.05) is 31.3 Å². The van der Waals surface area contributed by atoms with E-state index in [1.54, 1.807) is 0 Å². The van der Waals surface area contributed by atoms with Crippen LogP contribution < -0.4 is 5.01 Å². The zero-order chi connectivity index (χ0) is 26.9. The molecule has 0 unspecified atom stereocenters. The Morgan fingerprint density at radius 2 is 1.87 bits per heavy atom. The van der Waals surface area contributed by atoms with Crippen molar-refractivity contribution in [3.05, 3.63) is 81.0 Å². The number of rotatable bonds is 7. The summed E-state index contributed by atoms with van der Waals surface area (Å²) in [5.74, 6) is -1.08. The maximum atomic E-state index is 13.7. The fourth-order valence-electron chi connectivity index (χ4n) is 3.62. The van der Waals surface area contributed by atoms with Crippen LogP contribution in [-0.4, -0.2) is 61.1 Å². The Hall–Kier alpha value is -3.63. The molecule has 3 heterocycles. The SMILES string of the molecule is O=C(c1ccc(S(=O)(=O)N2CCOCC2)cc1)N(/N=C/c1ccc([N+](=O)[O-])s1)c1nc2ccc(F)cc2s1. The number of aromatic nitrogens is 1. The second-order valence-corrected chi connectivity index (χ2v) is 12.0. The number of carbonyl (C=O) groups excluding carboxylic acids is 1. The first-order valence-corrected chi connectivity index (χ1v) is 14.2. The van der Waals surface area contributed by atoms with E-state index < -0.39 is 26.7 Å². The molecule has 0 N–H and O–H groups in total. The highest BCUT2D eigenvalue weighted by Crippen LogP contribution is 2.31. The van der Waals surface area contributed by atoms with Crippen LogP contribution in [0.2, 0.25) is 0 Å². The van der Waals surface area contributed by atoms with Crippen molar-refractivity contribution in [3.8, 4) is 0 Å². The number of fused-ring (bicyclic) bond motifs is 1. The van der Waals surface area contributed by atoms with Gasteiger partial charge in [0, 0.05) is 24.7 Å². The molecule has 1 fully saturated rings. The lowest BCUT2D eigenvalue weighted by molar-refractivity contribution is -0.380. The maximum Gasteiger partial charge on any atom is 0.324 e. The van der Waals surface area contributed by atoms with Crippen molar-refractivity contribution in [1.82, 2.24) is 9.29 Å². The van der Waals surface area contributed by atoms with E-state index in [0.717, 1.165) is 27.7 Å². The molecule has 0 atom stereocenters. The Morgan fingerprint density at radius 3 is 2.55 bits per heavy atom. The third kappa shape index (κ3) is 5.32. The Bertz CT molecular complexity index is 1650. The van der Waals surface area contributed by atoms with Crippen molar-refractivity contribution in [1.29, 1.82) is 0 Å². The first kappa shape index (κ1) is 26.0. The minimum absolute atomic E-state index is 0.0346. The molecule has 0 aliphatic carbocycles. The molecular formula is C23H18FN5O6S3. The molecule has 2 aromatic carbocycles. The first-order valence-electron chi connectivity index (χ1n) is 11.1. The third-order valence-electron chi connectivity index (χ3n) is 5.51. The van der Waals surface area contributed by atoms with Crippen LogP contribution in [-0.2, 0) is 14.8 Å². The normalized spacial score (nSPS) is 14.8. The number of sulfonamides is 1. The average molecular weight is 576 g/mol. The van der Waals surface area contributed by atoms with Gasteiger partial charge in [-0.2, -0.15) is 14.4 Å². The molecule has 1 aliphatic heterocycles. The van der Waals surface area contributed by atoms with Gasteiger partial charge in [0.2, 0.25) is 15.2 Å². The van der Waals surface area contributed by atoms with Crippen molar-refractivity contribution in [2.45, 2.75) is 4.90 Å². The van der Waals surface area contributed by atoms with Crippen LogP contribution >= 0.6 is 22.7 Å². The van der Waals surface area contributed by atoms with Gasteiger partial charge in [-0.1, -0.05) is 22.7 Å². The summed E-state index contributed by atoms with van der Waals surface area (Å²) in [4.78, 5) is 28.8. The molecule has 15 heteroatoms. The van der Waals surface area contributed by atoms with Crippen molar-refractivity contribution >= 4 is 65.2 Å². The zero-order valence-corrected chi connectivity index (χ0v) is 21.8. The van der Waals surface area contributed by atoms with Crippen LogP contribution in [0.5, 0.6) is 0 Å². The van der Waals surface area contributed by atoms with E-state index in [0.29, 0.717) is 28.3 Å². The van der Waals surface area contributed by atoms with Crippen molar-refractivity contribution in [3.63, 3.8) is 0 Å². The lowest BCUT2D eigenvalue weighted by atomic mass is 10.2. The molecule has 0 spiro atoms. The number of ether oxygens (including phenoxy) is 1. The van der Waals surface area contributed by atoms with E-state index in [1.165, 1.54) is 65.1 Å². The molecule has 1 saturated heterocycles. The third-order valence-corrected chi connectivity index (χ3v) is 9.39. The largest absolute Gasteiger partial charge is 0.379 e. The minimum Gasteiger partial charge on any atom is -0.379 e. The summed E-state index contributed by atoms with van der Waals surface area (Å²) in [5.41, 5.74) is 0.587. The summed E-state index contributed by atoms with van der Waals surface area (Å²) in [6, 6.07) is 12.3. The van der Waals surface area contributed by atoms with E-state index in [4.69, 9.17) is 4.74 Å². The summed E-state index contributed by atoms with van der Waals surface area (Å²) in [7, 11) is -3.75. The summed E-state index contributed by atoms with van der Waals surface area (Å²) in [6.45, 7) is 1.10. The smallest absolute Gasteiger partial charge is 0.324 e. The summed E-state index contributed by atoms with van der Waals surface area (Å²) < 4.78 is 46.6. The van der Waals surface area contributed by atoms with E-state index in [-0.39, 0.29) is 33.7 Å². The predicted molar refractivity (Wildman–Crippen MR) is 141 cm³/mol. The lowest BCUT2D eigenvalue weighted by Crippen LogP contribution is -2.40. The molecule has 0 saturated carbocycles. The highest BCUT2D eigenvalue weighted by Gasteiger charge is 2.27. The number of amides is 1. The molecule has 38 heavy (non-hydrogen) atoms. The molecule has 1 aliphatic rings. The fraction of sp³-hybridized carbons (Fsp3) is 0.174. The lowest BCUT2D eigenvalue weighted by Gasteiger charge is -2.26. The van der Waals surface area contributed by atoms with E-state index >= 15 is 0 Å². The number of morpholine rings is 1. The Kier molecular flexibility index (Phi) is 7.27. The van der Waals surface area contributed by atoms with Crippen LogP contribution in [0.15, 0.2) is 64.6 Å². The number of hydrogen-bond acceptors (Lipinski definition) is 10. The molecule has 0 bridgehead atoms. The second kappa shape index (κ2) is 10.6. The van der Waals surface area contributed by atoms with Gasteiger partial charge in [-0.3, -0.25) is 14.9 Å². The molecule has 5 rings (SSSR count). The zero-order valence-electron chi connectivity index (χ0n) is 19.4. The maximum absolute atomic E-state index is 13.7. The van der Waals surface area contributed by atoms with Gasteiger partial charge in [0.05, 0.1) is 44.3 Å². The topological polar surface area (TPSA) is 135 Å². The van der Waals surface area contributed by atoms with Crippen LogP contribution in [0.25, 0.3) is 10.2 Å². The van der Waals surface area contributed by atoms with Crippen LogP contribution in [0.1, 0.15) is 15.2 Å². The molecule has 1 amide bonds. The fourth-order valence-corrected chi connectivity index (χ4v) is 6.66. The van der Waals surface area contributed by atoms with Crippen LogP contribution in [0.3, 0.4) is 0 Å². The molecule has 11 nitrogen and oxygen atoms in total. The number of benzene rings is 2. The van der Waals surface area contributed by atoms with E-state index in [2.05, 4.69) is 10.1 Å². The van der Waals surface area contributed by atoms with Gasteiger partial charge in [-0.05, 0) is 48.5 Å². The number of carbonyl (C=O) groups is 1. The number of hydrazone groups is 1. The van der Waals surface area contributed by atoms with E-state index in [9.17, 15) is 27.7 Å². The van der Waals surface area contributed by atoms with Gasteiger partial charge in [0.15, 0.2) is 0 Å². The summed E-state index contributed by atoms with van der Waals surface area (Å²) in [5, 5.41) is 16.3. The van der Waals surface area contributed by atoms with E-state index in [1.807, 2.05) is 0 Å². The second-order valence-electron chi connectivity index (χ2n) is 7.94. The highest BCUT2D eigenvalue weighted by atomic mass is 32.2. The van der Waals surface area contributed by atoms with Gasteiger partial charge in [-0.25, -0.2) is 17.8 Å². The standard InChI is InChI=1S/C23H18FN5O6S3/c24-16-3-7-19-20(13-16)37-23(26-19)28(25-14-17-4-8-21(36-17)29(31)32)22(30)15-1-5-18(6-2-15)38(33,34)27-9-11-35-12-10-27/h1-8,13-14H,9-12H2/b25-14+. The van der Waals surface area contributed by atoms with Gasteiger partial charge >= 0.3 is 5.00 Å². The monoisotopic (exact) mass is 575 g/mol. The molecule has 2 aromatic heterocycles. The number of anilines is 1. The quantitative estimate of drug-likeness (QED) is 0.184.